The molecule has 0 spiro atoms. The predicted octanol–water partition coefficient (Wildman–Crippen LogP) is 1.86. The number of hydrogen-bond donors (Lipinski definition) is 1. The molecule has 4 rings (SSSR count). The Bertz CT molecular complexity index is 665. The number of benzene rings is 1. The lowest BCUT2D eigenvalue weighted by molar-refractivity contribution is -0.122. The molecule has 2 atom stereocenters. The molecule has 1 aromatic rings. The van der Waals surface area contributed by atoms with Gasteiger partial charge in [0.2, 0.25) is 5.91 Å². The number of rotatable bonds is 3. The Morgan fingerprint density at radius 1 is 1.17 bits per heavy atom. The fourth-order valence-electron chi connectivity index (χ4n) is 4.31. The topological polar surface area (TPSA) is 52.7 Å². The quantitative estimate of drug-likeness (QED) is 0.923. The maximum Gasteiger partial charge on any atom is 0.259 e. The molecule has 0 bridgehead atoms. The zero-order valence-corrected chi connectivity index (χ0v) is 13.8. The Kier molecular flexibility index (Phi) is 3.88. The average Bonchev–Trinajstić information content (AvgIpc) is 3.11. The van der Waals surface area contributed by atoms with Crippen LogP contribution in [0.5, 0.6) is 0 Å². The van der Waals surface area contributed by atoms with Crippen LogP contribution >= 0.6 is 0 Å². The predicted molar refractivity (Wildman–Crippen MR) is 92.3 cm³/mol. The minimum Gasteiger partial charge on any atom is -0.350 e. The minimum atomic E-state index is -0.128. The molecule has 1 N–H and O–H groups in total. The third-order valence-corrected chi connectivity index (χ3v) is 5.54. The average molecular weight is 325 g/mol. The molecular weight excluding hydrogens is 302 g/mol. The summed E-state index contributed by atoms with van der Waals surface area (Å²) in [5.41, 5.74) is 2.08. The lowest BCUT2D eigenvalue weighted by Gasteiger charge is -2.32. The molecule has 2 fully saturated rings. The van der Waals surface area contributed by atoms with Gasteiger partial charge in [0.1, 0.15) is 6.54 Å². The van der Waals surface area contributed by atoms with Crippen molar-refractivity contribution in [3.05, 3.63) is 42.0 Å². The molecule has 0 saturated carbocycles. The molecule has 2 amide bonds. The summed E-state index contributed by atoms with van der Waals surface area (Å²) in [6, 6.07) is 8.08. The van der Waals surface area contributed by atoms with Crippen molar-refractivity contribution in [3.63, 3.8) is 0 Å². The van der Waals surface area contributed by atoms with E-state index in [9.17, 15) is 9.59 Å². The summed E-state index contributed by atoms with van der Waals surface area (Å²) in [5.74, 6) is -0.216. The first-order valence-electron chi connectivity index (χ1n) is 8.79. The first-order valence-corrected chi connectivity index (χ1v) is 8.79. The van der Waals surface area contributed by atoms with Crippen molar-refractivity contribution in [1.29, 1.82) is 0 Å². The van der Waals surface area contributed by atoms with Crippen molar-refractivity contribution >= 4 is 17.5 Å². The summed E-state index contributed by atoms with van der Waals surface area (Å²) in [6.07, 6.45) is 4.67. The molecule has 0 aliphatic carbocycles. The van der Waals surface area contributed by atoms with Gasteiger partial charge in [-0.2, -0.15) is 0 Å². The van der Waals surface area contributed by atoms with Crippen LogP contribution in [0.25, 0.3) is 5.70 Å². The molecule has 3 heterocycles. The third-order valence-electron chi connectivity index (χ3n) is 5.54. The van der Waals surface area contributed by atoms with E-state index in [0.717, 1.165) is 31.5 Å². The summed E-state index contributed by atoms with van der Waals surface area (Å²) in [5, 5.41) is 3.16. The van der Waals surface area contributed by atoms with Gasteiger partial charge in [-0.1, -0.05) is 31.2 Å². The van der Waals surface area contributed by atoms with Crippen LogP contribution < -0.4 is 5.32 Å². The Balaban J connectivity index is 1.40. The molecule has 3 aliphatic rings. The first-order chi connectivity index (χ1) is 11.6. The van der Waals surface area contributed by atoms with Gasteiger partial charge < -0.3 is 5.32 Å². The zero-order valence-electron chi connectivity index (χ0n) is 13.8. The van der Waals surface area contributed by atoms with Crippen LogP contribution in [0.15, 0.2) is 30.8 Å². The van der Waals surface area contributed by atoms with Gasteiger partial charge in [-0.3, -0.25) is 19.4 Å². The maximum atomic E-state index is 12.5. The van der Waals surface area contributed by atoms with Crippen molar-refractivity contribution in [2.45, 2.75) is 37.8 Å². The summed E-state index contributed by atoms with van der Waals surface area (Å²) >= 11 is 0. The van der Waals surface area contributed by atoms with Gasteiger partial charge in [-0.25, -0.2) is 0 Å². The van der Waals surface area contributed by atoms with Crippen LogP contribution in [0.2, 0.25) is 0 Å². The van der Waals surface area contributed by atoms with Crippen LogP contribution in [0, 0.1) is 0 Å². The largest absolute Gasteiger partial charge is 0.350 e. The van der Waals surface area contributed by atoms with E-state index in [-0.39, 0.29) is 24.4 Å². The van der Waals surface area contributed by atoms with Crippen molar-refractivity contribution in [2.24, 2.45) is 0 Å². The van der Waals surface area contributed by atoms with E-state index in [4.69, 9.17) is 0 Å². The maximum absolute atomic E-state index is 12.5. The SMILES string of the molecule is C=C1c2ccccc2C(=O)N1CC(=O)N[C@H]1CCN2CCCC[C@@H]12. The lowest BCUT2D eigenvalue weighted by atomic mass is 9.99. The van der Waals surface area contributed by atoms with Gasteiger partial charge in [0.15, 0.2) is 0 Å². The molecule has 0 unspecified atom stereocenters. The monoisotopic (exact) mass is 325 g/mol. The second-order valence-corrected chi connectivity index (χ2v) is 6.95. The fraction of sp³-hybridized carbons (Fsp3) is 0.474. The first kappa shape index (κ1) is 15.4. The standard InChI is InChI=1S/C19H23N3O2/c1-13-14-6-2-3-7-15(14)19(24)22(13)12-18(23)20-16-9-11-21-10-5-4-8-17(16)21/h2-3,6-7,16-17H,1,4-5,8-12H2,(H,20,23)/t16-,17-/m0/s1. The lowest BCUT2D eigenvalue weighted by Crippen LogP contribution is -2.49. The highest BCUT2D eigenvalue weighted by Gasteiger charge is 2.37. The molecule has 5 nitrogen and oxygen atoms in total. The van der Waals surface area contributed by atoms with Crippen LogP contribution in [-0.4, -0.2) is 53.3 Å². The van der Waals surface area contributed by atoms with Crippen molar-refractivity contribution in [3.8, 4) is 0 Å². The van der Waals surface area contributed by atoms with E-state index < -0.39 is 0 Å². The number of fused-ring (bicyclic) bond motifs is 2. The smallest absolute Gasteiger partial charge is 0.259 e. The van der Waals surface area contributed by atoms with E-state index in [0.29, 0.717) is 17.3 Å². The van der Waals surface area contributed by atoms with E-state index in [1.54, 1.807) is 6.07 Å². The second-order valence-electron chi connectivity index (χ2n) is 6.95. The third kappa shape index (κ3) is 2.53. The summed E-state index contributed by atoms with van der Waals surface area (Å²) in [6.45, 7) is 6.26. The van der Waals surface area contributed by atoms with Crippen LogP contribution in [0.1, 0.15) is 41.6 Å². The van der Waals surface area contributed by atoms with Gasteiger partial charge >= 0.3 is 0 Å². The molecule has 3 aliphatic heterocycles. The molecule has 5 heteroatoms. The van der Waals surface area contributed by atoms with Crippen molar-refractivity contribution in [1.82, 2.24) is 15.1 Å². The number of hydrogen-bond acceptors (Lipinski definition) is 3. The Morgan fingerprint density at radius 2 is 1.96 bits per heavy atom. The molecule has 2 saturated heterocycles. The Labute approximate surface area is 142 Å². The molecule has 0 radical (unpaired) electrons. The summed E-state index contributed by atoms with van der Waals surface area (Å²) < 4.78 is 0. The molecule has 1 aromatic carbocycles. The summed E-state index contributed by atoms with van der Waals surface area (Å²) in [7, 11) is 0. The number of nitrogens with zero attached hydrogens (tertiary/aromatic N) is 2. The zero-order chi connectivity index (χ0) is 16.7. The molecule has 126 valence electrons. The summed E-state index contributed by atoms with van der Waals surface area (Å²) in [4.78, 5) is 29.0. The number of piperidine rings is 1. The van der Waals surface area contributed by atoms with Crippen LogP contribution in [0.4, 0.5) is 0 Å². The number of amides is 2. The fourth-order valence-corrected chi connectivity index (χ4v) is 4.31. The van der Waals surface area contributed by atoms with Crippen LogP contribution in [0.3, 0.4) is 0 Å². The van der Waals surface area contributed by atoms with E-state index in [1.807, 2.05) is 18.2 Å². The van der Waals surface area contributed by atoms with E-state index >= 15 is 0 Å². The van der Waals surface area contributed by atoms with Gasteiger partial charge in [0, 0.05) is 35.5 Å². The van der Waals surface area contributed by atoms with Crippen molar-refractivity contribution < 1.29 is 9.59 Å². The normalized spacial score (nSPS) is 26.4. The Morgan fingerprint density at radius 3 is 2.75 bits per heavy atom. The van der Waals surface area contributed by atoms with Crippen LogP contribution in [-0.2, 0) is 4.79 Å². The number of carbonyl (C=O) groups excluding carboxylic acids is 2. The highest BCUT2D eigenvalue weighted by molar-refractivity contribution is 6.10. The molecular formula is C19H23N3O2. The molecule has 0 aromatic heterocycles. The van der Waals surface area contributed by atoms with E-state index in [1.165, 1.54) is 17.7 Å². The van der Waals surface area contributed by atoms with Crippen molar-refractivity contribution in [2.75, 3.05) is 19.6 Å². The van der Waals surface area contributed by atoms with Gasteiger partial charge in [0.05, 0.1) is 0 Å². The minimum absolute atomic E-state index is 0.0512. The Hall–Kier alpha value is -2.14. The molecule has 24 heavy (non-hydrogen) atoms. The van der Waals surface area contributed by atoms with E-state index in [2.05, 4.69) is 16.8 Å². The van der Waals surface area contributed by atoms with Gasteiger partial charge in [0.25, 0.3) is 5.91 Å². The highest BCUT2D eigenvalue weighted by Crippen LogP contribution is 2.31. The number of nitrogens with one attached hydrogen (secondary N) is 1. The number of carbonyl (C=O) groups is 2. The van der Waals surface area contributed by atoms with Gasteiger partial charge in [-0.15, -0.1) is 0 Å². The second kappa shape index (κ2) is 6.06. The highest BCUT2D eigenvalue weighted by atomic mass is 16.2. The van der Waals surface area contributed by atoms with Gasteiger partial charge in [-0.05, 0) is 31.9 Å².